The van der Waals surface area contributed by atoms with Crippen LogP contribution in [0.15, 0.2) is 30.5 Å². The van der Waals surface area contributed by atoms with E-state index >= 15 is 0 Å². The van der Waals surface area contributed by atoms with Crippen molar-refractivity contribution in [2.24, 2.45) is 5.73 Å². The van der Waals surface area contributed by atoms with Crippen molar-refractivity contribution in [2.75, 3.05) is 23.7 Å². The number of carbonyl (C=O) groups excluding carboxylic acids is 1. The van der Waals surface area contributed by atoms with E-state index < -0.39 is 5.91 Å². The van der Waals surface area contributed by atoms with Gasteiger partial charge in [-0.05, 0) is 32.0 Å². The van der Waals surface area contributed by atoms with Crippen LogP contribution in [0.3, 0.4) is 0 Å². The summed E-state index contributed by atoms with van der Waals surface area (Å²) in [5.74, 6) is 0.372. The number of amides is 1. The smallest absolute Gasteiger partial charge is 0.271 e. The molecule has 1 aliphatic heterocycles. The molecule has 2 aromatic rings. The van der Waals surface area contributed by atoms with Crippen LogP contribution in [-0.4, -0.2) is 35.0 Å². The molecular weight excluding hydrogens is 292 g/mol. The lowest BCUT2D eigenvalue weighted by atomic mass is 10.2. The second-order valence-electron chi connectivity index (χ2n) is 5.64. The van der Waals surface area contributed by atoms with Crippen molar-refractivity contribution in [1.29, 1.82) is 0 Å². The van der Waals surface area contributed by atoms with E-state index in [-0.39, 0.29) is 5.69 Å². The average Bonchev–Trinajstić information content (AvgIpc) is 3.02. The van der Waals surface area contributed by atoms with Crippen LogP contribution < -0.4 is 21.7 Å². The standard InChI is InChI=1S/C16H20N6O/c1-10-2-4-11(5-3-10)21-16-14(15(17)23)19-9-13(22-16)20-12-6-7-18-8-12/h2-5,9,12,18H,6-8H2,1H3,(H2,17,23)(H2,20,21,22)/t12-/m1/s1. The Labute approximate surface area is 134 Å². The number of hydrogen-bond donors (Lipinski definition) is 4. The normalized spacial score (nSPS) is 17.0. The van der Waals surface area contributed by atoms with Crippen LogP contribution in [0.2, 0.25) is 0 Å². The number of carbonyl (C=O) groups is 1. The zero-order valence-electron chi connectivity index (χ0n) is 13.0. The summed E-state index contributed by atoms with van der Waals surface area (Å²) in [5, 5.41) is 9.71. The third-order valence-corrected chi connectivity index (χ3v) is 3.73. The van der Waals surface area contributed by atoms with Crippen LogP contribution in [0.1, 0.15) is 22.5 Å². The summed E-state index contributed by atoms with van der Waals surface area (Å²) in [5.41, 5.74) is 7.50. The Morgan fingerprint density at radius 1 is 1.35 bits per heavy atom. The minimum absolute atomic E-state index is 0.126. The highest BCUT2D eigenvalue weighted by Gasteiger charge is 2.17. The van der Waals surface area contributed by atoms with Gasteiger partial charge in [-0.2, -0.15) is 0 Å². The van der Waals surface area contributed by atoms with Gasteiger partial charge >= 0.3 is 0 Å². The molecular formula is C16H20N6O. The molecule has 1 aromatic carbocycles. The minimum Gasteiger partial charge on any atom is -0.365 e. The van der Waals surface area contributed by atoms with E-state index in [0.29, 0.717) is 17.7 Å². The fourth-order valence-corrected chi connectivity index (χ4v) is 2.49. The van der Waals surface area contributed by atoms with Crippen molar-refractivity contribution in [3.8, 4) is 0 Å². The first kappa shape index (κ1) is 15.2. The van der Waals surface area contributed by atoms with Crippen molar-refractivity contribution in [3.63, 3.8) is 0 Å². The molecule has 1 aliphatic rings. The highest BCUT2D eigenvalue weighted by molar-refractivity contribution is 5.96. The maximum Gasteiger partial charge on any atom is 0.271 e. The monoisotopic (exact) mass is 312 g/mol. The number of primary amides is 1. The molecule has 1 aromatic heterocycles. The fraction of sp³-hybridized carbons (Fsp3) is 0.312. The molecule has 1 fully saturated rings. The molecule has 7 nitrogen and oxygen atoms in total. The van der Waals surface area contributed by atoms with Gasteiger partial charge in [-0.3, -0.25) is 4.79 Å². The summed E-state index contributed by atoms with van der Waals surface area (Å²) < 4.78 is 0. The first-order valence-electron chi connectivity index (χ1n) is 7.59. The van der Waals surface area contributed by atoms with Gasteiger partial charge in [0.05, 0.1) is 6.20 Å². The quantitative estimate of drug-likeness (QED) is 0.665. The predicted octanol–water partition coefficient (Wildman–Crippen LogP) is 1.40. The number of nitrogens with one attached hydrogen (secondary N) is 3. The Bertz CT molecular complexity index is 694. The van der Waals surface area contributed by atoms with E-state index in [4.69, 9.17) is 5.73 Å². The van der Waals surface area contributed by atoms with Crippen molar-refractivity contribution < 1.29 is 4.79 Å². The topological polar surface area (TPSA) is 105 Å². The number of anilines is 3. The van der Waals surface area contributed by atoms with Crippen molar-refractivity contribution in [1.82, 2.24) is 15.3 Å². The van der Waals surface area contributed by atoms with Crippen molar-refractivity contribution in [2.45, 2.75) is 19.4 Å². The van der Waals surface area contributed by atoms with Crippen LogP contribution in [0.25, 0.3) is 0 Å². The SMILES string of the molecule is Cc1ccc(Nc2nc(N[C@@H]3CCNC3)cnc2C(N)=O)cc1. The lowest BCUT2D eigenvalue weighted by Gasteiger charge is -2.14. The molecule has 0 unspecified atom stereocenters. The highest BCUT2D eigenvalue weighted by atomic mass is 16.1. The molecule has 1 atom stereocenters. The van der Waals surface area contributed by atoms with Gasteiger partial charge in [0.15, 0.2) is 11.5 Å². The summed E-state index contributed by atoms with van der Waals surface area (Å²) in [6.07, 6.45) is 2.57. The number of aryl methyl sites for hydroxylation is 1. The molecule has 0 saturated carbocycles. The van der Waals surface area contributed by atoms with Crippen LogP contribution >= 0.6 is 0 Å². The molecule has 2 heterocycles. The van der Waals surface area contributed by atoms with Gasteiger partial charge in [0.1, 0.15) is 5.82 Å². The summed E-state index contributed by atoms with van der Waals surface area (Å²) in [4.78, 5) is 20.2. The molecule has 5 N–H and O–H groups in total. The molecule has 0 radical (unpaired) electrons. The van der Waals surface area contributed by atoms with Gasteiger partial charge in [0, 0.05) is 18.3 Å². The molecule has 1 saturated heterocycles. The van der Waals surface area contributed by atoms with E-state index in [2.05, 4.69) is 25.9 Å². The van der Waals surface area contributed by atoms with Gasteiger partial charge in [-0.25, -0.2) is 9.97 Å². The Balaban J connectivity index is 1.85. The van der Waals surface area contributed by atoms with Gasteiger partial charge < -0.3 is 21.7 Å². The number of benzene rings is 1. The maximum atomic E-state index is 11.6. The number of hydrogen-bond acceptors (Lipinski definition) is 6. The number of rotatable bonds is 5. The van der Waals surface area contributed by atoms with Crippen molar-refractivity contribution >= 4 is 23.2 Å². The first-order chi connectivity index (χ1) is 11.1. The summed E-state index contributed by atoms with van der Waals surface area (Å²) in [6, 6.07) is 8.11. The lowest BCUT2D eigenvalue weighted by Crippen LogP contribution is -2.24. The predicted molar refractivity (Wildman–Crippen MR) is 89.9 cm³/mol. The van der Waals surface area contributed by atoms with Crippen LogP contribution in [0.4, 0.5) is 17.3 Å². The van der Waals surface area contributed by atoms with Crippen LogP contribution in [-0.2, 0) is 0 Å². The van der Waals surface area contributed by atoms with E-state index in [1.807, 2.05) is 31.2 Å². The zero-order chi connectivity index (χ0) is 16.2. The van der Waals surface area contributed by atoms with Crippen LogP contribution in [0, 0.1) is 6.92 Å². The number of nitrogens with two attached hydrogens (primary N) is 1. The highest BCUT2D eigenvalue weighted by Crippen LogP contribution is 2.20. The zero-order valence-corrected chi connectivity index (χ0v) is 13.0. The van der Waals surface area contributed by atoms with Gasteiger partial charge in [0.25, 0.3) is 5.91 Å². The summed E-state index contributed by atoms with van der Waals surface area (Å²) >= 11 is 0. The average molecular weight is 312 g/mol. The number of aromatic nitrogens is 2. The lowest BCUT2D eigenvalue weighted by molar-refractivity contribution is 0.0996. The summed E-state index contributed by atoms with van der Waals surface area (Å²) in [7, 11) is 0. The molecule has 23 heavy (non-hydrogen) atoms. The van der Waals surface area contributed by atoms with Gasteiger partial charge in [-0.1, -0.05) is 17.7 Å². The third-order valence-electron chi connectivity index (χ3n) is 3.73. The molecule has 0 bridgehead atoms. The first-order valence-corrected chi connectivity index (χ1v) is 7.59. The molecule has 0 spiro atoms. The van der Waals surface area contributed by atoms with Gasteiger partial charge in [-0.15, -0.1) is 0 Å². The molecule has 0 aliphatic carbocycles. The Morgan fingerprint density at radius 3 is 2.78 bits per heavy atom. The Kier molecular flexibility index (Phi) is 4.38. The van der Waals surface area contributed by atoms with E-state index in [0.717, 1.165) is 30.8 Å². The van der Waals surface area contributed by atoms with Crippen LogP contribution in [0.5, 0.6) is 0 Å². The van der Waals surface area contributed by atoms with Crippen molar-refractivity contribution in [3.05, 3.63) is 41.7 Å². The largest absolute Gasteiger partial charge is 0.365 e. The van der Waals surface area contributed by atoms with E-state index in [1.54, 1.807) is 6.20 Å². The fourth-order valence-electron chi connectivity index (χ4n) is 2.49. The number of nitrogens with zero attached hydrogens (tertiary/aromatic N) is 2. The summed E-state index contributed by atoms with van der Waals surface area (Å²) in [6.45, 7) is 3.89. The second kappa shape index (κ2) is 6.62. The second-order valence-corrected chi connectivity index (χ2v) is 5.64. The molecule has 3 rings (SSSR count). The Morgan fingerprint density at radius 2 is 2.13 bits per heavy atom. The molecule has 7 heteroatoms. The molecule has 1 amide bonds. The van der Waals surface area contributed by atoms with E-state index in [9.17, 15) is 4.79 Å². The van der Waals surface area contributed by atoms with Gasteiger partial charge in [0.2, 0.25) is 0 Å². The van der Waals surface area contributed by atoms with E-state index in [1.165, 1.54) is 0 Å². The minimum atomic E-state index is -0.610. The third kappa shape index (κ3) is 3.75. The molecule has 120 valence electrons. The Hall–Kier alpha value is -2.67. The maximum absolute atomic E-state index is 11.6.